The van der Waals surface area contributed by atoms with Crippen LogP contribution >= 0.6 is 0 Å². The quantitative estimate of drug-likeness (QED) is 0.0607. The van der Waals surface area contributed by atoms with Crippen molar-refractivity contribution in [2.75, 3.05) is 33.0 Å². The van der Waals surface area contributed by atoms with Crippen molar-refractivity contribution in [3.8, 4) is 0 Å². The topological polar surface area (TPSA) is 234 Å². The van der Waals surface area contributed by atoms with Crippen LogP contribution in [0.3, 0.4) is 0 Å². The molecule has 0 saturated carbocycles. The minimum absolute atomic E-state index is 0.0546. The first-order valence-corrected chi connectivity index (χ1v) is 12.6. The van der Waals surface area contributed by atoms with Gasteiger partial charge in [0, 0.05) is 43.7 Å². The van der Waals surface area contributed by atoms with E-state index in [4.69, 9.17) is 20.1 Å². The van der Waals surface area contributed by atoms with Crippen LogP contribution in [0.2, 0.25) is 0 Å². The maximum absolute atomic E-state index is 13.0. The molecule has 0 aromatic heterocycles. The number of nitrogens with zero attached hydrogens (tertiary/aromatic N) is 3. The van der Waals surface area contributed by atoms with Gasteiger partial charge in [-0.1, -0.05) is 19.0 Å². The number of ether oxygens (including phenoxy) is 2. The molecule has 0 bridgehead atoms. The molecule has 0 fully saturated rings. The van der Waals surface area contributed by atoms with Gasteiger partial charge in [0.2, 0.25) is 11.8 Å². The van der Waals surface area contributed by atoms with Crippen LogP contribution in [-0.4, -0.2) is 90.6 Å². The zero-order valence-corrected chi connectivity index (χ0v) is 22.6. The first kappa shape index (κ1) is 35.5. The van der Waals surface area contributed by atoms with Crippen LogP contribution in [0.15, 0.2) is 5.11 Å². The Morgan fingerprint density at radius 3 is 1.92 bits per heavy atom. The number of carboxylic acid groups (broad SMARTS) is 2. The van der Waals surface area contributed by atoms with E-state index >= 15 is 0 Å². The minimum Gasteiger partial charge on any atom is -0.481 e. The third kappa shape index (κ3) is 18.4. The molecule has 220 valence electrons. The minimum atomic E-state index is -1.33. The molecule has 0 radical (unpaired) electrons. The van der Waals surface area contributed by atoms with E-state index in [0.717, 1.165) is 6.92 Å². The fourth-order valence-corrected chi connectivity index (χ4v) is 3.61. The van der Waals surface area contributed by atoms with Crippen LogP contribution in [0, 0.1) is 11.8 Å². The predicted molar refractivity (Wildman–Crippen MR) is 137 cm³/mol. The number of nitrogens with one attached hydrogen (secondary N) is 2. The highest BCUT2D eigenvalue weighted by atomic mass is 16.5. The summed E-state index contributed by atoms with van der Waals surface area (Å²) in [4.78, 5) is 75.0. The predicted octanol–water partition coefficient (Wildman–Crippen LogP) is 1.24. The third-order valence-electron chi connectivity index (χ3n) is 5.29. The SMILES string of the molecule is CC(=O)N[C@@H](CC(=O)O)C(=O)C[C@H](CC(C)C)C(=O)N[C@@H](CC(=O)O)C(=O)CCCOCCOCCN=[N+]=[N-]. The number of carbonyl (C=O) groups excluding carboxylic acids is 4. The third-order valence-corrected chi connectivity index (χ3v) is 5.29. The summed E-state index contributed by atoms with van der Waals surface area (Å²) in [5.41, 5.74) is 8.17. The summed E-state index contributed by atoms with van der Waals surface area (Å²) in [5, 5.41) is 26.3. The lowest BCUT2D eigenvalue weighted by molar-refractivity contribution is -0.141. The molecule has 0 heterocycles. The number of ketones is 2. The van der Waals surface area contributed by atoms with Gasteiger partial charge in [-0.3, -0.25) is 28.8 Å². The van der Waals surface area contributed by atoms with Gasteiger partial charge in [-0.05, 0) is 24.3 Å². The van der Waals surface area contributed by atoms with Crippen molar-refractivity contribution >= 4 is 35.3 Å². The van der Waals surface area contributed by atoms with E-state index in [2.05, 4.69) is 20.7 Å². The molecule has 15 nitrogen and oxygen atoms in total. The van der Waals surface area contributed by atoms with Crippen molar-refractivity contribution in [3.05, 3.63) is 10.4 Å². The van der Waals surface area contributed by atoms with Crippen molar-refractivity contribution in [2.45, 2.75) is 71.4 Å². The van der Waals surface area contributed by atoms with Gasteiger partial charge in [0.15, 0.2) is 11.6 Å². The summed E-state index contributed by atoms with van der Waals surface area (Å²) in [7, 11) is 0. The van der Waals surface area contributed by atoms with Gasteiger partial charge in [-0.15, -0.1) is 0 Å². The maximum Gasteiger partial charge on any atom is 0.305 e. The van der Waals surface area contributed by atoms with E-state index in [1.807, 2.05) is 0 Å². The Morgan fingerprint density at radius 2 is 1.41 bits per heavy atom. The molecule has 0 aromatic rings. The molecular weight excluding hydrogens is 518 g/mol. The average molecular weight is 558 g/mol. The molecule has 0 saturated heterocycles. The van der Waals surface area contributed by atoms with Crippen molar-refractivity contribution in [3.63, 3.8) is 0 Å². The summed E-state index contributed by atoms with van der Waals surface area (Å²) < 4.78 is 10.5. The average Bonchev–Trinajstić information content (AvgIpc) is 2.82. The van der Waals surface area contributed by atoms with Crippen molar-refractivity contribution in [1.29, 1.82) is 0 Å². The Bertz CT molecular complexity index is 873. The number of carboxylic acids is 2. The molecule has 4 N–H and O–H groups in total. The van der Waals surface area contributed by atoms with Gasteiger partial charge >= 0.3 is 11.9 Å². The molecule has 0 spiro atoms. The van der Waals surface area contributed by atoms with E-state index in [1.54, 1.807) is 13.8 Å². The van der Waals surface area contributed by atoms with Gasteiger partial charge in [0.25, 0.3) is 0 Å². The number of hydrogen-bond acceptors (Lipinski definition) is 9. The molecule has 39 heavy (non-hydrogen) atoms. The lowest BCUT2D eigenvalue weighted by atomic mass is 9.88. The summed E-state index contributed by atoms with van der Waals surface area (Å²) >= 11 is 0. The van der Waals surface area contributed by atoms with Crippen LogP contribution in [0.25, 0.3) is 10.4 Å². The second-order valence-corrected chi connectivity index (χ2v) is 9.26. The summed E-state index contributed by atoms with van der Waals surface area (Å²) in [6.45, 7) is 5.89. The number of rotatable bonds is 23. The zero-order chi connectivity index (χ0) is 29.8. The molecule has 0 aliphatic heterocycles. The molecule has 15 heteroatoms. The van der Waals surface area contributed by atoms with Gasteiger partial charge in [0.1, 0.15) is 0 Å². The summed E-state index contributed by atoms with van der Waals surface area (Å²) in [5.74, 6) is -6.11. The lowest BCUT2D eigenvalue weighted by Gasteiger charge is -2.24. The highest BCUT2D eigenvalue weighted by molar-refractivity contribution is 5.96. The number of carbonyl (C=O) groups is 6. The van der Waals surface area contributed by atoms with Gasteiger partial charge in [0.05, 0.1) is 44.7 Å². The lowest BCUT2D eigenvalue weighted by Crippen LogP contribution is -2.47. The van der Waals surface area contributed by atoms with Gasteiger partial charge in [-0.25, -0.2) is 0 Å². The highest BCUT2D eigenvalue weighted by Gasteiger charge is 2.31. The summed E-state index contributed by atoms with van der Waals surface area (Å²) in [6.07, 6.45) is -1.28. The molecule has 0 aromatic carbocycles. The van der Waals surface area contributed by atoms with Crippen LogP contribution in [-0.2, 0) is 38.2 Å². The second-order valence-electron chi connectivity index (χ2n) is 9.26. The molecule has 0 aliphatic carbocycles. The van der Waals surface area contributed by atoms with E-state index in [1.165, 1.54) is 0 Å². The van der Waals surface area contributed by atoms with Crippen LogP contribution in [0.5, 0.6) is 0 Å². The Kier molecular flexibility index (Phi) is 18.6. The normalized spacial score (nSPS) is 13.0. The molecule has 3 atom stereocenters. The van der Waals surface area contributed by atoms with E-state index in [-0.39, 0.29) is 58.2 Å². The molecular formula is C24H39N5O10. The smallest absolute Gasteiger partial charge is 0.305 e. The van der Waals surface area contributed by atoms with Gasteiger partial charge < -0.3 is 30.3 Å². The van der Waals surface area contributed by atoms with Gasteiger partial charge in [-0.2, -0.15) is 0 Å². The fourth-order valence-electron chi connectivity index (χ4n) is 3.61. The summed E-state index contributed by atoms with van der Waals surface area (Å²) in [6, 6.07) is -2.65. The second kappa shape index (κ2) is 20.4. The van der Waals surface area contributed by atoms with Crippen molar-refractivity contribution < 1.29 is 48.5 Å². The van der Waals surface area contributed by atoms with Crippen molar-refractivity contribution in [1.82, 2.24) is 10.6 Å². The number of Topliss-reactive ketones (excluding diaryl/α,β-unsaturated/α-hetero) is 2. The van der Waals surface area contributed by atoms with E-state index in [9.17, 15) is 33.9 Å². The molecule has 2 amide bonds. The largest absolute Gasteiger partial charge is 0.481 e. The number of amides is 2. The maximum atomic E-state index is 13.0. The first-order valence-electron chi connectivity index (χ1n) is 12.6. The molecule has 0 rings (SSSR count). The Labute approximate surface area is 226 Å². The van der Waals surface area contributed by atoms with Crippen LogP contribution in [0.4, 0.5) is 0 Å². The number of aliphatic carboxylic acids is 2. The van der Waals surface area contributed by atoms with Crippen LogP contribution < -0.4 is 10.6 Å². The molecule has 0 unspecified atom stereocenters. The monoisotopic (exact) mass is 557 g/mol. The zero-order valence-electron chi connectivity index (χ0n) is 22.6. The van der Waals surface area contributed by atoms with E-state index in [0.29, 0.717) is 0 Å². The Balaban J connectivity index is 5.08. The highest BCUT2D eigenvalue weighted by Crippen LogP contribution is 2.19. The molecule has 0 aliphatic rings. The Morgan fingerprint density at radius 1 is 0.846 bits per heavy atom. The number of azide groups is 1. The fraction of sp³-hybridized carbons (Fsp3) is 0.750. The van der Waals surface area contributed by atoms with Crippen molar-refractivity contribution in [2.24, 2.45) is 17.0 Å². The standard InChI is InChI=1S/C24H39N5O10/c1-15(2)11-17(12-21(32)19(14-23(35)36)27-16(3)30)24(37)28-18(13-22(33)34)20(31)5-4-7-38-9-10-39-8-6-26-29-25/h15,17-19H,4-14H2,1-3H3,(H,27,30)(H,28,37)(H,33,34)(H,35,36)/t17-,18-,19-/m0/s1. The first-order chi connectivity index (χ1) is 18.4. The van der Waals surface area contributed by atoms with Crippen LogP contribution in [0.1, 0.15) is 59.3 Å². The Hall–Kier alpha value is -3.55. The van der Waals surface area contributed by atoms with E-state index < -0.39 is 72.6 Å². The number of hydrogen-bond donors (Lipinski definition) is 4.